The summed E-state index contributed by atoms with van der Waals surface area (Å²) in [6, 6.07) is 16.2. The van der Waals surface area contributed by atoms with Crippen LogP contribution in [0.3, 0.4) is 0 Å². The molecular formula is C21H23NO3. The Balaban J connectivity index is 1.39. The number of rotatable bonds is 3. The van der Waals surface area contributed by atoms with Crippen molar-refractivity contribution in [1.29, 1.82) is 0 Å². The molecule has 0 N–H and O–H groups in total. The van der Waals surface area contributed by atoms with E-state index < -0.39 is 0 Å². The molecule has 4 heteroatoms. The van der Waals surface area contributed by atoms with E-state index in [-0.39, 0.29) is 11.8 Å². The monoisotopic (exact) mass is 337 g/mol. The van der Waals surface area contributed by atoms with Gasteiger partial charge in [-0.3, -0.25) is 4.79 Å². The Morgan fingerprint density at radius 3 is 2.52 bits per heavy atom. The SMILES string of the molecule is C[C@H](C(=O)N1CCC(c2ccc3c(c2)OCO3)CC1)c1ccccc1. The second-order valence-corrected chi connectivity index (χ2v) is 6.84. The van der Waals surface area contributed by atoms with Gasteiger partial charge < -0.3 is 14.4 Å². The summed E-state index contributed by atoms with van der Waals surface area (Å²) in [6.07, 6.45) is 1.99. The Kier molecular flexibility index (Phi) is 4.35. The van der Waals surface area contributed by atoms with Crippen LogP contribution in [0.15, 0.2) is 48.5 Å². The molecule has 0 bridgehead atoms. The van der Waals surface area contributed by atoms with E-state index in [9.17, 15) is 4.79 Å². The van der Waals surface area contributed by atoms with Gasteiger partial charge >= 0.3 is 0 Å². The average Bonchev–Trinajstić information content (AvgIpc) is 3.15. The molecule has 2 heterocycles. The van der Waals surface area contributed by atoms with Crippen molar-refractivity contribution in [2.75, 3.05) is 19.9 Å². The number of hydrogen-bond acceptors (Lipinski definition) is 3. The third-order valence-corrected chi connectivity index (χ3v) is 5.34. The zero-order chi connectivity index (χ0) is 17.2. The Labute approximate surface area is 148 Å². The van der Waals surface area contributed by atoms with Crippen molar-refractivity contribution in [3.8, 4) is 11.5 Å². The molecule has 25 heavy (non-hydrogen) atoms. The van der Waals surface area contributed by atoms with Gasteiger partial charge in [0.25, 0.3) is 0 Å². The van der Waals surface area contributed by atoms with Crippen LogP contribution in [0.2, 0.25) is 0 Å². The van der Waals surface area contributed by atoms with Gasteiger partial charge in [0, 0.05) is 13.1 Å². The first kappa shape index (κ1) is 16.0. The van der Waals surface area contributed by atoms with Crippen molar-refractivity contribution >= 4 is 5.91 Å². The maximum Gasteiger partial charge on any atom is 0.231 e. The lowest BCUT2D eigenvalue weighted by molar-refractivity contribution is -0.133. The smallest absolute Gasteiger partial charge is 0.231 e. The van der Waals surface area contributed by atoms with Crippen molar-refractivity contribution in [1.82, 2.24) is 4.90 Å². The van der Waals surface area contributed by atoms with Crippen LogP contribution in [0.1, 0.15) is 42.7 Å². The Morgan fingerprint density at radius 2 is 1.76 bits per heavy atom. The topological polar surface area (TPSA) is 38.8 Å². The fourth-order valence-electron chi connectivity index (χ4n) is 3.76. The Bertz CT molecular complexity index is 751. The summed E-state index contributed by atoms with van der Waals surface area (Å²) in [6.45, 7) is 3.94. The van der Waals surface area contributed by atoms with Gasteiger partial charge in [-0.25, -0.2) is 0 Å². The summed E-state index contributed by atoms with van der Waals surface area (Å²) in [5.74, 6) is 2.30. The van der Waals surface area contributed by atoms with E-state index in [0.29, 0.717) is 12.7 Å². The first-order valence-corrected chi connectivity index (χ1v) is 8.95. The fourth-order valence-corrected chi connectivity index (χ4v) is 3.76. The van der Waals surface area contributed by atoms with E-state index >= 15 is 0 Å². The van der Waals surface area contributed by atoms with Gasteiger partial charge in [0.2, 0.25) is 12.7 Å². The molecule has 0 spiro atoms. The second kappa shape index (κ2) is 6.79. The minimum absolute atomic E-state index is 0.0803. The third kappa shape index (κ3) is 3.21. The standard InChI is InChI=1S/C21H23NO3/c1-15(16-5-3-2-4-6-16)21(23)22-11-9-17(10-12-22)18-7-8-19-20(13-18)25-14-24-19/h2-8,13,15,17H,9-12,14H2,1H3/t15-/m0/s1. The third-order valence-electron chi connectivity index (χ3n) is 5.34. The van der Waals surface area contributed by atoms with Crippen LogP contribution in [-0.2, 0) is 4.79 Å². The van der Waals surface area contributed by atoms with Crippen molar-refractivity contribution < 1.29 is 14.3 Å². The number of carbonyl (C=O) groups is 1. The maximum absolute atomic E-state index is 12.8. The van der Waals surface area contributed by atoms with Gasteiger partial charge in [-0.2, -0.15) is 0 Å². The highest BCUT2D eigenvalue weighted by molar-refractivity contribution is 5.83. The number of carbonyl (C=O) groups excluding carboxylic acids is 1. The molecule has 2 aliphatic rings. The van der Waals surface area contributed by atoms with E-state index in [4.69, 9.17) is 9.47 Å². The van der Waals surface area contributed by atoms with Gasteiger partial charge in [0.15, 0.2) is 11.5 Å². The molecule has 2 aliphatic heterocycles. The molecule has 2 aromatic carbocycles. The fraction of sp³-hybridized carbons (Fsp3) is 0.381. The van der Waals surface area contributed by atoms with Crippen LogP contribution in [0, 0.1) is 0 Å². The molecule has 4 rings (SSSR count). The molecule has 0 radical (unpaired) electrons. The molecular weight excluding hydrogens is 314 g/mol. The highest BCUT2D eigenvalue weighted by Crippen LogP contribution is 2.37. The molecule has 130 valence electrons. The Morgan fingerprint density at radius 1 is 1.04 bits per heavy atom. The van der Waals surface area contributed by atoms with Crippen molar-refractivity contribution in [2.45, 2.75) is 31.6 Å². The van der Waals surface area contributed by atoms with Crippen LogP contribution in [0.4, 0.5) is 0 Å². The van der Waals surface area contributed by atoms with E-state index in [1.807, 2.05) is 48.2 Å². The lowest BCUT2D eigenvalue weighted by atomic mass is 9.88. The Hall–Kier alpha value is -2.49. The lowest BCUT2D eigenvalue weighted by Crippen LogP contribution is -2.40. The average molecular weight is 337 g/mol. The van der Waals surface area contributed by atoms with Gasteiger partial charge in [-0.1, -0.05) is 36.4 Å². The normalized spacial score (nSPS) is 18.2. The molecule has 0 unspecified atom stereocenters. The van der Waals surface area contributed by atoms with Crippen LogP contribution >= 0.6 is 0 Å². The predicted octanol–water partition coefficient (Wildman–Crippen LogP) is 3.93. The van der Waals surface area contributed by atoms with Gasteiger partial charge in [-0.05, 0) is 48.9 Å². The molecule has 0 aliphatic carbocycles. The zero-order valence-electron chi connectivity index (χ0n) is 14.5. The molecule has 0 aromatic heterocycles. The van der Waals surface area contributed by atoms with Crippen LogP contribution in [-0.4, -0.2) is 30.7 Å². The molecule has 2 aromatic rings. The van der Waals surface area contributed by atoms with Crippen molar-refractivity contribution in [2.24, 2.45) is 0 Å². The minimum atomic E-state index is -0.0803. The predicted molar refractivity (Wildman–Crippen MR) is 96.0 cm³/mol. The van der Waals surface area contributed by atoms with Crippen LogP contribution < -0.4 is 9.47 Å². The first-order valence-electron chi connectivity index (χ1n) is 8.95. The maximum atomic E-state index is 12.8. The van der Waals surface area contributed by atoms with Gasteiger partial charge in [0.1, 0.15) is 0 Å². The summed E-state index contributed by atoms with van der Waals surface area (Å²) in [5, 5.41) is 0. The zero-order valence-corrected chi connectivity index (χ0v) is 14.5. The first-order chi connectivity index (χ1) is 12.2. The highest BCUT2D eigenvalue weighted by Gasteiger charge is 2.28. The summed E-state index contributed by atoms with van der Waals surface area (Å²) in [5.41, 5.74) is 2.37. The van der Waals surface area contributed by atoms with E-state index in [2.05, 4.69) is 12.1 Å². The lowest BCUT2D eigenvalue weighted by Gasteiger charge is -2.34. The number of amides is 1. The van der Waals surface area contributed by atoms with Gasteiger partial charge in [-0.15, -0.1) is 0 Å². The van der Waals surface area contributed by atoms with E-state index in [1.54, 1.807) is 0 Å². The van der Waals surface area contributed by atoms with Crippen molar-refractivity contribution in [3.63, 3.8) is 0 Å². The number of nitrogens with zero attached hydrogens (tertiary/aromatic N) is 1. The molecule has 1 saturated heterocycles. The number of likely N-dealkylation sites (tertiary alicyclic amines) is 1. The highest BCUT2D eigenvalue weighted by atomic mass is 16.7. The minimum Gasteiger partial charge on any atom is -0.454 e. The molecule has 1 fully saturated rings. The summed E-state index contributed by atoms with van der Waals surface area (Å²) >= 11 is 0. The van der Waals surface area contributed by atoms with Crippen LogP contribution in [0.5, 0.6) is 11.5 Å². The second-order valence-electron chi connectivity index (χ2n) is 6.84. The van der Waals surface area contributed by atoms with Crippen LogP contribution in [0.25, 0.3) is 0 Å². The van der Waals surface area contributed by atoms with E-state index in [0.717, 1.165) is 43.0 Å². The summed E-state index contributed by atoms with van der Waals surface area (Å²) < 4.78 is 10.9. The quantitative estimate of drug-likeness (QED) is 0.852. The van der Waals surface area contributed by atoms with Gasteiger partial charge in [0.05, 0.1) is 5.92 Å². The number of fused-ring (bicyclic) bond motifs is 1. The molecule has 1 amide bonds. The number of piperidine rings is 1. The van der Waals surface area contributed by atoms with Crippen molar-refractivity contribution in [3.05, 3.63) is 59.7 Å². The molecule has 1 atom stereocenters. The molecule has 4 nitrogen and oxygen atoms in total. The largest absolute Gasteiger partial charge is 0.454 e. The number of hydrogen-bond donors (Lipinski definition) is 0. The molecule has 0 saturated carbocycles. The van der Waals surface area contributed by atoms with E-state index in [1.165, 1.54) is 5.56 Å². The number of ether oxygens (including phenoxy) is 2. The summed E-state index contributed by atoms with van der Waals surface area (Å²) in [4.78, 5) is 14.8. The summed E-state index contributed by atoms with van der Waals surface area (Å²) in [7, 11) is 0. The number of benzene rings is 2.